The lowest BCUT2D eigenvalue weighted by Crippen LogP contribution is -1.86. The Balaban J connectivity index is 3.19. The lowest BCUT2D eigenvalue weighted by atomic mass is 10.0. The van der Waals surface area contributed by atoms with E-state index in [0.717, 1.165) is 19.3 Å². The molecule has 0 aliphatic rings. The second-order valence-corrected chi connectivity index (χ2v) is 4.76. The molecule has 0 atom stereocenters. The summed E-state index contributed by atoms with van der Waals surface area (Å²) in [5.74, 6) is 0. The SMILES string of the molecule is CCCCCCCCCCC(=CO)CCC. The molecule has 0 aliphatic heterocycles. The molecule has 0 radical (unpaired) electrons. The van der Waals surface area contributed by atoms with Gasteiger partial charge in [0.15, 0.2) is 0 Å². The highest BCUT2D eigenvalue weighted by molar-refractivity contribution is 4.96. The first-order valence-electron chi connectivity index (χ1n) is 7.17. The fourth-order valence-corrected chi connectivity index (χ4v) is 2.06. The van der Waals surface area contributed by atoms with Gasteiger partial charge in [0, 0.05) is 0 Å². The van der Waals surface area contributed by atoms with Crippen molar-refractivity contribution in [1.29, 1.82) is 0 Å². The van der Waals surface area contributed by atoms with Crippen LogP contribution in [0.2, 0.25) is 0 Å². The monoisotopic (exact) mass is 226 g/mol. The average Bonchev–Trinajstić information content (AvgIpc) is 2.31. The van der Waals surface area contributed by atoms with Gasteiger partial charge in [0.2, 0.25) is 0 Å². The third-order valence-electron chi connectivity index (χ3n) is 3.11. The van der Waals surface area contributed by atoms with Gasteiger partial charge in [-0.3, -0.25) is 0 Å². The van der Waals surface area contributed by atoms with Gasteiger partial charge in [0.1, 0.15) is 0 Å². The summed E-state index contributed by atoms with van der Waals surface area (Å²) in [6.07, 6.45) is 15.5. The highest BCUT2D eigenvalue weighted by Crippen LogP contribution is 2.15. The van der Waals surface area contributed by atoms with E-state index >= 15 is 0 Å². The van der Waals surface area contributed by atoms with E-state index in [1.807, 2.05) is 0 Å². The molecule has 1 nitrogen and oxygen atoms in total. The zero-order valence-corrected chi connectivity index (χ0v) is 11.3. The number of aliphatic hydroxyl groups is 1. The molecule has 0 heterocycles. The molecule has 0 aromatic heterocycles. The molecule has 0 aromatic carbocycles. The summed E-state index contributed by atoms with van der Waals surface area (Å²) in [5.41, 5.74) is 1.23. The molecule has 0 spiro atoms. The number of rotatable bonds is 11. The lowest BCUT2D eigenvalue weighted by Gasteiger charge is -2.04. The van der Waals surface area contributed by atoms with Gasteiger partial charge < -0.3 is 5.11 Å². The molecule has 0 amide bonds. The maximum absolute atomic E-state index is 8.99. The van der Waals surface area contributed by atoms with Crippen LogP contribution < -0.4 is 0 Å². The summed E-state index contributed by atoms with van der Waals surface area (Å²) in [5, 5.41) is 8.99. The largest absolute Gasteiger partial charge is 0.516 e. The van der Waals surface area contributed by atoms with Gasteiger partial charge in [0.05, 0.1) is 6.26 Å². The zero-order valence-electron chi connectivity index (χ0n) is 11.3. The van der Waals surface area contributed by atoms with E-state index in [-0.39, 0.29) is 0 Å². The maximum atomic E-state index is 8.99. The Morgan fingerprint density at radius 3 is 1.81 bits per heavy atom. The minimum absolute atomic E-state index is 1.06. The molecular formula is C15H30O. The summed E-state index contributed by atoms with van der Waals surface area (Å²) in [7, 11) is 0. The summed E-state index contributed by atoms with van der Waals surface area (Å²) in [4.78, 5) is 0. The van der Waals surface area contributed by atoms with Crippen LogP contribution in [0, 0.1) is 0 Å². The normalized spacial score (nSPS) is 12.0. The molecule has 0 rings (SSSR count). The van der Waals surface area contributed by atoms with Crippen molar-refractivity contribution in [2.45, 2.75) is 84.5 Å². The van der Waals surface area contributed by atoms with Crippen molar-refractivity contribution >= 4 is 0 Å². The standard InChI is InChI=1S/C15H30O/c1-3-5-6-7-8-9-10-11-13-15(14-16)12-4-2/h14,16H,3-13H2,1-2H3. The number of unbranched alkanes of at least 4 members (excludes halogenated alkanes) is 7. The minimum atomic E-state index is 1.06. The van der Waals surface area contributed by atoms with Gasteiger partial charge in [-0.2, -0.15) is 0 Å². The Morgan fingerprint density at radius 2 is 1.31 bits per heavy atom. The van der Waals surface area contributed by atoms with Crippen molar-refractivity contribution < 1.29 is 5.11 Å². The van der Waals surface area contributed by atoms with Gasteiger partial charge >= 0.3 is 0 Å². The Morgan fingerprint density at radius 1 is 0.750 bits per heavy atom. The second kappa shape index (κ2) is 12.6. The van der Waals surface area contributed by atoms with Crippen molar-refractivity contribution in [2.24, 2.45) is 0 Å². The summed E-state index contributed by atoms with van der Waals surface area (Å²) >= 11 is 0. The predicted octanol–water partition coefficient (Wildman–Crippen LogP) is 5.76. The quantitative estimate of drug-likeness (QED) is 0.351. The Bertz CT molecular complexity index is 161. The maximum Gasteiger partial charge on any atom is 0.0783 e. The van der Waals surface area contributed by atoms with Gasteiger partial charge in [-0.1, -0.05) is 65.2 Å². The minimum Gasteiger partial charge on any atom is -0.516 e. The van der Waals surface area contributed by atoms with E-state index in [4.69, 9.17) is 5.11 Å². The van der Waals surface area contributed by atoms with Crippen molar-refractivity contribution in [2.75, 3.05) is 0 Å². The number of allylic oxidation sites excluding steroid dienone is 1. The molecule has 0 fully saturated rings. The van der Waals surface area contributed by atoms with Crippen LogP contribution in [0.1, 0.15) is 84.5 Å². The smallest absolute Gasteiger partial charge is 0.0783 e. The van der Waals surface area contributed by atoms with E-state index in [0.29, 0.717) is 0 Å². The fraction of sp³-hybridized carbons (Fsp3) is 0.867. The van der Waals surface area contributed by atoms with Crippen molar-refractivity contribution in [3.63, 3.8) is 0 Å². The topological polar surface area (TPSA) is 20.2 Å². The van der Waals surface area contributed by atoms with Crippen molar-refractivity contribution in [1.82, 2.24) is 0 Å². The summed E-state index contributed by atoms with van der Waals surface area (Å²) < 4.78 is 0. The molecule has 0 saturated heterocycles. The number of aliphatic hydroxyl groups excluding tert-OH is 1. The van der Waals surface area contributed by atoms with Crippen LogP contribution in [-0.4, -0.2) is 5.11 Å². The van der Waals surface area contributed by atoms with Gasteiger partial charge in [-0.15, -0.1) is 0 Å². The van der Waals surface area contributed by atoms with Gasteiger partial charge in [0.25, 0.3) is 0 Å². The van der Waals surface area contributed by atoms with E-state index in [1.54, 1.807) is 0 Å². The molecule has 1 N–H and O–H groups in total. The molecule has 0 unspecified atom stereocenters. The molecule has 0 aromatic rings. The molecule has 0 bridgehead atoms. The van der Waals surface area contributed by atoms with Crippen LogP contribution in [0.15, 0.2) is 11.8 Å². The lowest BCUT2D eigenvalue weighted by molar-refractivity contribution is 0.458. The van der Waals surface area contributed by atoms with Gasteiger partial charge in [-0.25, -0.2) is 0 Å². The predicted molar refractivity (Wildman–Crippen MR) is 72.8 cm³/mol. The van der Waals surface area contributed by atoms with Crippen LogP contribution in [0.3, 0.4) is 0 Å². The van der Waals surface area contributed by atoms with Crippen LogP contribution in [0.4, 0.5) is 0 Å². The average molecular weight is 226 g/mol. The number of hydrogen-bond acceptors (Lipinski definition) is 1. The third kappa shape index (κ3) is 10.1. The molecule has 1 heteroatoms. The van der Waals surface area contributed by atoms with Crippen LogP contribution in [0.5, 0.6) is 0 Å². The highest BCUT2D eigenvalue weighted by atomic mass is 16.2. The first-order chi connectivity index (χ1) is 7.85. The summed E-state index contributed by atoms with van der Waals surface area (Å²) in [6.45, 7) is 4.42. The second-order valence-electron chi connectivity index (χ2n) is 4.76. The molecule has 0 saturated carbocycles. The first kappa shape index (κ1) is 15.5. The van der Waals surface area contributed by atoms with E-state index in [9.17, 15) is 0 Å². The van der Waals surface area contributed by atoms with Crippen molar-refractivity contribution in [3.8, 4) is 0 Å². The van der Waals surface area contributed by atoms with E-state index < -0.39 is 0 Å². The van der Waals surface area contributed by atoms with Crippen LogP contribution in [-0.2, 0) is 0 Å². The molecule has 0 aliphatic carbocycles. The summed E-state index contributed by atoms with van der Waals surface area (Å²) in [6, 6.07) is 0. The van der Waals surface area contributed by atoms with Crippen LogP contribution in [0.25, 0.3) is 0 Å². The Labute approximate surface area is 102 Å². The molecular weight excluding hydrogens is 196 g/mol. The van der Waals surface area contributed by atoms with Gasteiger partial charge in [-0.05, 0) is 24.8 Å². The fourth-order valence-electron chi connectivity index (χ4n) is 2.06. The van der Waals surface area contributed by atoms with Crippen molar-refractivity contribution in [3.05, 3.63) is 11.8 Å². The Kier molecular flexibility index (Phi) is 12.2. The number of hydrogen-bond donors (Lipinski definition) is 1. The molecule has 96 valence electrons. The first-order valence-corrected chi connectivity index (χ1v) is 7.17. The Hall–Kier alpha value is -0.460. The molecule has 16 heavy (non-hydrogen) atoms. The van der Waals surface area contributed by atoms with E-state index in [2.05, 4.69) is 13.8 Å². The zero-order chi connectivity index (χ0) is 12.1. The van der Waals surface area contributed by atoms with Crippen LogP contribution >= 0.6 is 0 Å². The third-order valence-corrected chi connectivity index (χ3v) is 3.11. The van der Waals surface area contributed by atoms with E-state index in [1.165, 1.54) is 63.2 Å². The highest BCUT2D eigenvalue weighted by Gasteiger charge is 1.97.